The van der Waals surface area contributed by atoms with Crippen molar-refractivity contribution in [3.05, 3.63) is 0 Å². The van der Waals surface area contributed by atoms with E-state index in [1.165, 1.54) is 0 Å². The summed E-state index contributed by atoms with van der Waals surface area (Å²) in [6, 6.07) is 0. The van der Waals surface area contributed by atoms with Crippen LogP contribution < -0.4 is 0 Å². The number of hydrogen-bond acceptors (Lipinski definition) is 6. The van der Waals surface area contributed by atoms with Crippen molar-refractivity contribution in [3.63, 3.8) is 0 Å². The highest BCUT2D eigenvalue weighted by atomic mass is 16.6. The Morgan fingerprint density at radius 1 is 0.625 bits per heavy atom. The Morgan fingerprint density at radius 2 is 0.958 bits per heavy atom. The predicted molar refractivity (Wildman–Crippen MR) is 85.5 cm³/mol. The summed E-state index contributed by atoms with van der Waals surface area (Å²) >= 11 is 0. The molecule has 0 aliphatic heterocycles. The van der Waals surface area contributed by atoms with Crippen molar-refractivity contribution in [1.82, 2.24) is 0 Å². The van der Waals surface area contributed by atoms with E-state index in [2.05, 4.69) is 13.8 Å². The first-order valence-electron chi connectivity index (χ1n) is 8.16. The average molecular weight is 348 g/mol. The normalized spacial score (nSPS) is 9.42. The second-order valence-electron chi connectivity index (χ2n) is 5.00. The monoisotopic (exact) mass is 348 g/mol. The van der Waals surface area contributed by atoms with Crippen LogP contribution in [0, 0.1) is 0 Å². The van der Waals surface area contributed by atoms with E-state index in [0.717, 1.165) is 51.4 Å². The second-order valence-corrected chi connectivity index (χ2v) is 5.00. The highest BCUT2D eigenvalue weighted by molar-refractivity contribution is 6.29. The molecule has 8 heteroatoms. The lowest BCUT2D eigenvalue weighted by Gasteiger charge is -2.05. The van der Waals surface area contributed by atoms with Crippen molar-refractivity contribution < 1.29 is 38.9 Å². The van der Waals surface area contributed by atoms with E-state index in [1.807, 2.05) is 0 Å². The van der Waals surface area contributed by atoms with Gasteiger partial charge in [-0.15, -0.1) is 0 Å². The quantitative estimate of drug-likeness (QED) is 0.350. The van der Waals surface area contributed by atoms with E-state index in [-0.39, 0.29) is 0 Å². The maximum atomic E-state index is 11.2. The van der Waals surface area contributed by atoms with E-state index in [0.29, 0.717) is 13.2 Å². The molecule has 0 saturated heterocycles. The zero-order chi connectivity index (χ0) is 18.8. The third-order valence-electron chi connectivity index (χ3n) is 2.81. The van der Waals surface area contributed by atoms with Crippen LogP contribution in [0.25, 0.3) is 0 Å². The van der Waals surface area contributed by atoms with Gasteiger partial charge in [-0.2, -0.15) is 0 Å². The van der Waals surface area contributed by atoms with Gasteiger partial charge in [0, 0.05) is 0 Å². The third kappa shape index (κ3) is 17.9. The molecule has 0 aromatic rings. The summed E-state index contributed by atoms with van der Waals surface area (Å²) in [4.78, 5) is 40.6. The highest BCUT2D eigenvalue weighted by Crippen LogP contribution is 2.01. The highest BCUT2D eigenvalue weighted by Gasteiger charge is 2.16. The average Bonchev–Trinajstić information content (AvgIpc) is 2.54. The van der Waals surface area contributed by atoms with Gasteiger partial charge in [0.15, 0.2) is 0 Å². The number of hydrogen-bond donors (Lipinski definition) is 2. The fraction of sp³-hybridized carbons (Fsp3) is 0.750. The summed E-state index contributed by atoms with van der Waals surface area (Å²) in [6.45, 7) is 4.84. The van der Waals surface area contributed by atoms with Crippen molar-refractivity contribution >= 4 is 23.9 Å². The van der Waals surface area contributed by atoms with Gasteiger partial charge < -0.3 is 19.7 Å². The number of carboxylic acids is 2. The van der Waals surface area contributed by atoms with Crippen molar-refractivity contribution in [2.75, 3.05) is 13.2 Å². The number of carbonyl (C=O) groups is 4. The van der Waals surface area contributed by atoms with E-state index in [1.54, 1.807) is 0 Å². The minimum absolute atomic E-state index is 0.309. The van der Waals surface area contributed by atoms with Crippen molar-refractivity contribution in [2.45, 2.75) is 65.2 Å². The van der Waals surface area contributed by atoms with Crippen LogP contribution in [-0.2, 0) is 28.7 Å². The van der Waals surface area contributed by atoms with Crippen LogP contribution >= 0.6 is 0 Å². The molecule has 0 bridgehead atoms. The van der Waals surface area contributed by atoms with Crippen molar-refractivity contribution in [1.29, 1.82) is 0 Å². The number of esters is 2. The minimum atomic E-state index is -1.82. The van der Waals surface area contributed by atoms with Gasteiger partial charge in [0.1, 0.15) is 0 Å². The summed E-state index contributed by atoms with van der Waals surface area (Å²) in [5.41, 5.74) is 0. The van der Waals surface area contributed by atoms with Gasteiger partial charge in [-0.1, -0.05) is 52.4 Å². The lowest BCUT2D eigenvalue weighted by atomic mass is 10.2. The van der Waals surface area contributed by atoms with Crippen LogP contribution in [0.5, 0.6) is 0 Å². The molecule has 24 heavy (non-hydrogen) atoms. The van der Waals surface area contributed by atoms with Crippen molar-refractivity contribution in [2.24, 2.45) is 0 Å². The number of unbranched alkanes of at least 4 members (excludes halogenated alkanes) is 6. The Balaban J connectivity index is 0. The van der Waals surface area contributed by atoms with Crippen LogP contribution in [0.2, 0.25) is 0 Å². The Labute approximate surface area is 142 Å². The Hall–Kier alpha value is -2.12. The summed E-state index contributed by atoms with van der Waals surface area (Å²) in [5.74, 6) is -5.37. The lowest BCUT2D eigenvalue weighted by Crippen LogP contribution is -2.21. The Morgan fingerprint density at radius 3 is 1.21 bits per heavy atom. The van der Waals surface area contributed by atoms with Crippen LogP contribution in [0.3, 0.4) is 0 Å². The topological polar surface area (TPSA) is 127 Å². The molecular weight excluding hydrogens is 320 g/mol. The molecule has 0 heterocycles. The fourth-order valence-corrected chi connectivity index (χ4v) is 1.51. The second kappa shape index (κ2) is 17.2. The fourth-order valence-electron chi connectivity index (χ4n) is 1.51. The van der Waals surface area contributed by atoms with Gasteiger partial charge in [-0.25, -0.2) is 19.2 Å². The molecule has 0 unspecified atom stereocenters. The number of aliphatic carboxylic acids is 2. The number of ether oxygens (including phenoxy) is 2. The number of carbonyl (C=O) groups excluding carboxylic acids is 2. The van der Waals surface area contributed by atoms with E-state index in [9.17, 15) is 9.59 Å². The van der Waals surface area contributed by atoms with Crippen LogP contribution in [0.4, 0.5) is 0 Å². The maximum Gasteiger partial charge on any atom is 0.417 e. The first kappa shape index (κ1) is 24.1. The zero-order valence-electron chi connectivity index (χ0n) is 14.4. The van der Waals surface area contributed by atoms with Crippen molar-refractivity contribution in [3.8, 4) is 0 Å². The van der Waals surface area contributed by atoms with Crippen LogP contribution in [-0.4, -0.2) is 47.3 Å². The molecule has 2 N–H and O–H groups in total. The molecule has 0 fully saturated rings. The molecule has 0 rings (SSSR count). The zero-order valence-corrected chi connectivity index (χ0v) is 14.4. The number of rotatable bonds is 10. The van der Waals surface area contributed by atoms with E-state index < -0.39 is 23.9 Å². The molecular formula is C16H28O8. The molecule has 0 aliphatic rings. The van der Waals surface area contributed by atoms with E-state index in [4.69, 9.17) is 29.3 Å². The Kier molecular flexibility index (Phi) is 17.3. The molecule has 0 spiro atoms. The first-order chi connectivity index (χ1) is 11.4. The smallest absolute Gasteiger partial charge is 0.417 e. The molecule has 0 aliphatic carbocycles. The third-order valence-corrected chi connectivity index (χ3v) is 2.81. The molecule has 0 amide bonds. The Bertz CT molecular complexity index is 342. The maximum absolute atomic E-state index is 11.2. The molecule has 0 aromatic heterocycles. The molecule has 0 aromatic carbocycles. The van der Waals surface area contributed by atoms with E-state index >= 15 is 0 Å². The first-order valence-corrected chi connectivity index (χ1v) is 8.16. The SMILES string of the molecule is CCCCCCOC(=O)C(=O)OCCCCCC.O=C(O)C(=O)O. The van der Waals surface area contributed by atoms with Gasteiger partial charge >= 0.3 is 23.9 Å². The minimum Gasteiger partial charge on any atom is -0.473 e. The molecule has 0 atom stereocenters. The van der Waals surface area contributed by atoms with Gasteiger partial charge in [-0.3, -0.25) is 0 Å². The largest absolute Gasteiger partial charge is 0.473 e. The van der Waals surface area contributed by atoms with Crippen LogP contribution in [0.1, 0.15) is 65.2 Å². The molecule has 140 valence electrons. The summed E-state index contributed by atoms with van der Waals surface area (Å²) < 4.78 is 9.63. The van der Waals surface area contributed by atoms with Gasteiger partial charge in [0.05, 0.1) is 13.2 Å². The molecule has 0 saturated carbocycles. The number of carboxylic acid groups (broad SMARTS) is 2. The lowest BCUT2D eigenvalue weighted by molar-refractivity contribution is -0.167. The predicted octanol–water partition coefficient (Wildman–Crippen LogP) is 2.39. The molecule has 8 nitrogen and oxygen atoms in total. The summed E-state index contributed by atoms with van der Waals surface area (Å²) in [7, 11) is 0. The standard InChI is InChI=1S/C14H26O4.C2H2O4/c1-3-5-7-9-11-17-13(15)14(16)18-12-10-8-6-4-2;3-1(4)2(5)6/h3-12H2,1-2H3;(H,3,4)(H,5,6). The van der Waals surface area contributed by atoms with Gasteiger partial charge in [0.25, 0.3) is 0 Å². The summed E-state index contributed by atoms with van der Waals surface area (Å²) in [5, 5.41) is 14.8. The van der Waals surface area contributed by atoms with Gasteiger partial charge in [-0.05, 0) is 12.8 Å². The summed E-state index contributed by atoms with van der Waals surface area (Å²) in [6.07, 6.45) is 8.18. The molecule has 0 radical (unpaired) electrons. The van der Waals surface area contributed by atoms with Crippen LogP contribution in [0.15, 0.2) is 0 Å². The van der Waals surface area contributed by atoms with Gasteiger partial charge in [0.2, 0.25) is 0 Å².